The molecule has 0 aliphatic heterocycles. The highest BCUT2D eigenvalue weighted by molar-refractivity contribution is 5.96. The van der Waals surface area contributed by atoms with Gasteiger partial charge in [0.2, 0.25) is 0 Å². The molecule has 34 heavy (non-hydrogen) atoms. The van der Waals surface area contributed by atoms with E-state index in [4.69, 9.17) is 4.74 Å². The van der Waals surface area contributed by atoms with Crippen LogP contribution in [-0.4, -0.2) is 23.1 Å². The fourth-order valence-corrected chi connectivity index (χ4v) is 3.48. The second kappa shape index (κ2) is 12.6. The summed E-state index contributed by atoms with van der Waals surface area (Å²) in [6.07, 6.45) is 3.32. The van der Waals surface area contributed by atoms with Gasteiger partial charge in [-0.05, 0) is 80.9 Å². The average molecular weight is 461 g/mol. The summed E-state index contributed by atoms with van der Waals surface area (Å²) in [5, 5.41) is 15.5. The van der Waals surface area contributed by atoms with Gasteiger partial charge >= 0.3 is 6.09 Å². The van der Waals surface area contributed by atoms with E-state index < -0.39 is 11.7 Å². The number of benzene rings is 2. The van der Waals surface area contributed by atoms with Crippen LogP contribution in [0.2, 0.25) is 0 Å². The van der Waals surface area contributed by atoms with Gasteiger partial charge in [-0.3, -0.25) is 0 Å². The first kappa shape index (κ1) is 26.7. The van der Waals surface area contributed by atoms with E-state index >= 15 is 0 Å². The van der Waals surface area contributed by atoms with Crippen molar-refractivity contribution in [2.45, 2.75) is 73.0 Å². The molecule has 5 heteroatoms. The third-order valence-electron chi connectivity index (χ3n) is 5.20. The molecule has 2 aromatic rings. The standard InChI is InChI=1S/C29H36N2O3/c1-7-8-9-13-24(20-31-33)27(26-14-11-10-12-22(26)3)18-23-16-15-21(2)25(17-23)19-30-28(32)34-29(4,5)6/h10-12,14-17,20,33H,7-8,18-19H2,1-6H3,(H,30,32)/b27-24-,31-20+. The molecule has 2 N–H and O–H groups in total. The molecule has 0 radical (unpaired) electrons. The van der Waals surface area contributed by atoms with Crippen LogP contribution in [0.5, 0.6) is 0 Å². The second-order valence-corrected chi connectivity index (χ2v) is 9.30. The van der Waals surface area contributed by atoms with Crippen molar-refractivity contribution in [3.8, 4) is 11.8 Å². The van der Waals surface area contributed by atoms with Crippen molar-refractivity contribution in [3.05, 3.63) is 75.9 Å². The molecule has 0 atom stereocenters. The predicted octanol–water partition coefficient (Wildman–Crippen LogP) is 6.59. The van der Waals surface area contributed by atoms with Crippen LogP contribution in [0.4, 0.5) is 4.79 Å². The molecule has 180 valence electrons. The summed E-state index contributed by atoms with van der Waals surface area (Å²) >= 11 is 0. The van der Waals surface area contributed by atoms with E-state index in [2.05, 4.69) is 66.5 Å². The fraction of sp³-hybridized carbons (Fsp3) is 0.379. The summed E-state index contributed by atoms with van der Waals surface area (Å²) in [4.78, 5) is 12.1. The van der Waals surface area contributed by atoms with Crippen LogP contribution in [0.25, 0.3) is 5.57 Å². The van der Waals surface area contributed by atoms with Crippen LogP contribution in [0.1, 0.15) is 68.4 Å². The Labute approximate surface area is 203 Å². The summed E-state index contributed by atoms with van der Waals surface area (Å²) < 4.78 is 5.36. The molecule has 0 aliphatic rings. The van der Waals surface area contributed by atoms with Gasteiger partial charge in [0.15, 0.2) is 0 Å². The minimum atomic E-state index is -0.544. The topological polar surface area (TPSA) is 70.9 Å². The molecule has 5 nitrogen and oxygen atoms in total. The van der Waals surface area contributed by atoms with E-state index in [1.807, 2.05) is 39.8 Å². The number of aryl methyl sites for hydroxylation is 2. The number of alkyl carbamates (subject to hydrolysis) is 1. The highest BCUT2D eigenvalue weighted by atomic mass is 16.6. The summed E-state index contributed by atoms with van der Waals surface area (Å²) in [5.41, 5.74) is 6.51. The van der Waals surface area contributed by atoms with Crippen molar-refractivity contribution >= 4 is 17.9 Å². The molecule has 0 aliphatic carbocycles. The lowest BCUT2D eigenvalue weighted by atomic mass is 9.90. The molecule has 0 bridgehead atoms. The molecule has 2 rings (SSSR count). The van der Waals surface area contributed by atoms with Gasteiger partial charge in [-0.15, -0.1) is 0 Å². The molecule has 0 heterocycles. The summed E-state index contributed by atoms with van der Waals surface area (Å²) in [7, 11) is 0. The van der Waals surface area contributed by atoms with E-state index in [0.717, 1.165) is 46.2 Å². The van der Waals surface area contributed by atoms with E-state index in [0.29, 0.717) is 18.5 Å². The number of unbranched alkanes of at least 4 members (excludes halogenated alkanes) is 1. The van der Waals surface area contributed by atoms with Crippen molar-refractivity contribution in [1.82, 2.24) is 5.32 Å². The van der Waals surface area contributed by atoms with Gasteiger partial charge in [0, 0.05) is 13.0 Å². The highest BCUT2D eigenvalue weighted by Gasteiger charge is 2.16. The Morgan fingerprint density at radius 1 is 1.15 bits per heavy atom. The molecule has 0 saturated heterocycles. The van der Waals surface area contributed by atoms with Crippen molar-refractivity contribution in [1.29, 1.82) is 0 Å². The van der Waals surface area contributed by atoms with Gasteiger partial charge in [-0.25, -0.2) is 4.79 Å². The lowest BCUT2D eigenvalue weighted by Gasteiger charge is -2.20. The zero-order valence-corrected chi connectivity index (χ0v) is 21.2. The number of nitrogens with one attached hydrogen (secondary N) is 1. The van der Waals surface area contributed by atoms with E-state index in [9.17, 15) is 10.0 Å². The van der Waals surface area contributed by atoms with E-state index in [1.165, 1.54) is 6.21 Å². The number of amides is 1. The fourth-order valence-electron chi connectivity index (χ4n) is 3.48. The maximum absolute atomic E-state index is 12.1. The summed E-state index contributed by atoms with van der Waals surface area (Å²) in [6, 6.07) is 14.4. The largest absolute Gasteiger partial charge is 0.444 e. The Hall–Kier alpha value is -3.52. The monoisotopic (exact) mass is 460 g/mol. The predicted molar refractivity (Wildman–Crippen MR) is 139 cm³/mol. The number of rotatable bonds is 7. The molecular formula is C29H36N2O3. The van der Waals surface area contributed by atoms with Crippen LogP contribution in [-0.2, 0) is 17.7 Å². The molecule has 2 aromatic carbocycles. The molecular weight excluding hydrogens is 424 g/mol. The minimum absolute atomic E-state index is 0.374. The van der Waals surface area contributed by atoms with Crippen LogP contribution in [0.15, 0.2) is 53.2 Å². The van der Waals surface area contributed by atoms with Crippen molar-refractivity contribution < 1.29 is 14.7 Å². The molecule has 0 fully saturated rings. The zero-order valence-electron chi connectivity index (χ0n) is 21.2. The third kappa shape index (κ3) is 8.44. The normalized spacial score (nSPS) is 12.1. The number of carbonyl (C=O) groups is 1. The van der Waals surface area contributed by atoms with Crippen LogP contribution in [0, 0.1) is 25.7 Å². The Morgan fingerprint density at radius 2 is 1.88 bits per heavy atom. The molecule has 0 saturated carbocycles. The molecule has 1 amide bonds. The molecule has 0 spiro atoms. The van der Waals surface area contributed by atoms with Gasteiger partial charge < -0.3 is 15.3 Å². The number of nitrogens with zero attached hydrogens (tertiary/aromatic N) is 1. The second-order valence-electron chi connectivity index (χ2n) is 9.30. The Kier molecular flexibility index (Phi) is 9.94. The smallest absolute Gasteiger partial charge is 0.407 e. The SMILES string of the molecule is CCCC#CC(/C=N/O)=C(\Cc1ccc(C)c(CNC(=O)OC(C)(C)C)c1)c1ccccc1C. The number of hydrogen-bond donors (Lipinski definition) is 2. The van der Waals surface area contributed by atoms with Crippen LogP contribution < -0.4 is 5.32 Å². The molecule has 0 aromatic heterocycles. The first-order valence-corrected chi connectivity index (χ1v) is 11.6. The number of allylic oxidation sites excluding steroid dienone is 2. The van der Waals surface area contributed by atoms with Gasteiger partial charge in [-0.2, -0.15) is 0 Å². The Bertz CT molecular complexity index is 1110. The lowest BCUT2D eigenvalue weighted by Crippen LogP contribution is -2.32. The Morgan fingerprint density at radius 3 is 2.53 bits per heavy atom. The number of hydrogen-bond acceptors (Lipinski definition) is 4. The highest BCUT2D eigenvalue weighted by Crippen LogP contribution is 2.27. The Balaban J connectivity index is 2.43. The first-order chi connectivity index (χ1) is 16.1. The molecule has 0 unspecified atom stereocenters. The van der Waals surface area contributed by atoms with Gasteiger partial charge in [0.1, 0.15) is 5.60 Å². The number of carbonyl (C=O) groups excluding carboxylic acids is 1. The lowest BCUT2D eigenvalue weighted by molar-refractivity contribution is 0.0523. The van der Waals surface area contributed by atoms with Crippen molar-refractivity contribution in [2.24, 2.45) is 5.16 Å². The van der Waals surface area contributed by atoms with Crippen molar-refractivity contribution in [2.75, 3.05) is 0 Å². The first-order valence-electron chi connectivity index (χ1n) is 11.6. The average Bonchev–Trinajstić information content (AvgIpc) is 2.77. The summed E-state index contributed by atoms with van der Waals surface area (Å²) in [6.45, 7) is 12.1. The number of oxime groups is 1. The van der Waals surface area contributed by atoms with E-state index in [1.54, 1.807) is 0 Å². The number of ether oxygens (including phenoxy) is 1. The van der Waals surface area contributed by atoms with E-state index in [-0.39, 0.29) is 0 Å². The van der Waals surface area contributed by atoms with Crippen LogP contribution >= 0.6 is 0 Å². The third-order valence-corrected chi connectivity index (χ3v) is 5.20. The quantitative estimate of drug-likeness (QED) is 0.212. The van der Waals surface area contributed by atoms with Gasteiger partial charge in [0.05, 0.1) is 11.8 Å². The summed E-state index contributed by atoms with van der Waals surface area (Å²) in [5.74, 6) is 6.38. The maximum Gasteiger partial charge on any atom is 0.407 e. The minimum Gasteiger partial charge on any atom is -0.444 e. The zero-order chi connectivity index (χ0) is 25.1. The van der Waals surface area contributed by atoms with Crippen molar-refractivity contribution in [3.63, 3.8) is 0 Å². The van der Waals surface area contributed by atoms with Crippen LogP contribution in [0.3, 0.4) is 0 Å². The maximum atomic E-state index is 12.1. The van der Waals surface area contributed by atoms with Gasteiger partial charge in [-0.1, -0.05) is 66.4 Å². The van der Waals surface area contributed by atoms with Gasteiger partial charge in [0.25, 0.3) is 0 Å².